The summed E-state index contributed by atoms with van der Waals surface area (Å²) in [4.78, 5) is 15.4. The minimum absolute atomic E-state index is 0.0794. The van der Waals surface area contributed by atoms with Gasteiger partial charge < -0.3 is 15.0 Å². The van der Waals surface area contributed by atoms with Crippen molar-refractivity contribution >= 4 is 23.7 Å². The van der Waals surface area contributed by atoms with Crippen LogP contribution in [-0.2, 0) is 6.42 Å². The van der Waals surface area contributed by atoms with E-state index in [9.17, 15) is 10.1 Å². The smallest absolute Gasteiger partial charge is 0.321 e. The lowest BCUT2D eigenvalue weighted by Gasteiger charge is -2.34. The van der Waals surface area contributed by atoms with Gasteiger partial charge in [-0.3, -0.25) is 0 Å². The van der Waals surface area contributed by atoms with Crippen LogP contribution in [0.2, 0.25) is 0 Å². The molecule has 0 saturated carbocycles. The summed E-state index contributed by atoms with van der Waals surface area (Å²) in [5.41, 5.74) is 4.92. The fourth-order valence-corrected chi connectivity index (χ4v) is 5.00. The number of rotatable bonds is 6. The molecule has 1 aliphatic rings. The van der Waals surface area contributed by atoms with E-state index in [0.717, 1.165) is 39.6 Å². The third-order valence-corrected chi connectivity index (χ3v) is 7.00. The summed E-state index contributed by atoms with van der Waals surface area (Å²) in [6, 6.07) is 21.7. The minimum atomic E-state index is -0.0794. The average Bonchev–Trinajstić information content (AvgIpc) is 2.85. The predicted molar refractivity (Wildman–Crippen MR) is 141 cm³/mol. The Kier molecular flexibility index (Phi) is 7.96. The topological polar surface area (TPSA) is 68.6 Å². The molecule has 1 N–H and O–H groups in total. The van der Waals surface area contributed by atoms with Gasteiger partial charge in [0.2, 0.25) is 0 Å². The Bertz CT molecular complexity index is 1210. The third-order valence-electron chi connectivity index (χ3n) is 5.86. The molecule has 1 heterocycles. The fraction of sp³-hybridized carbons (Fsp3) is 0.286. The van der Waals surface area contributed by atoms with Crippen LogP contribution < -0.4 is 10.1 Å². The molecule has 180 valence electrons. The normalized spacial score (nSPS) is 13.8. The van der Waals surface area contributed by atoms with Crippen LogP contribution in [0.1, 0.15) is 29.2 Å². The van der Waals surface area contributed by atoms with Gasteiger partial charge in [-0.25, -0.2) is 9.10 Å². The van der Waals surface area contributed by atoms with Crippen molar-refractivity contribution in [3.8, 4) is 17.6 Å². The number of hydrogen-bond acceptors (Lipinski definition) is 5. The Hall–Kier alpha value is -3.47. The summed E-state index contributed by atoms with van der Waals surface area (Å²) in [5.74, 6) is 1.50. The first-order chi connectivity index (χ1) is 16.9. The van der Waals surface area contributed by atoms with Crippen LogP contribution in [0, 0.1) is 25.2 Å². The number of aryl methyl sites for hydroxylation is 3. The van der Waals surface area contributed by atoms with E-state index in [-0.39, 0.29) is 6.03 Å². The highest BCUT2D eigenvalue weighted by molar-refractivity contribution is 7.97. The van der Waals surface area contributed by atoms with E-state index in [2.05, 4.69) is 28.7 Å². The van der Waals surface area contributed by atoms with Gasteiger partial charge in [0, 0.05) is 31.9 Å². The fourth-order valence-electron chi connectivity index (χ4n) is 4.00. The van der Waals surface area contributed by atoms with Gasteiger partial charge in [0.05, 0.1) is 16.5 Å². The van der Waals surface area contributed by atoms with Crippen LogP contribution >= 0.6 is 11.9 Å². The molecule has 0 radical (unpaired) electrons. The molecule has 0 spiro atoms. The van der Waals surface area contributed by atoms with Gasteiger partial charge in [0.25, 0.3) is 0 Å². The zero-order chi connectivity index (χ0) is 24.8. The maximum Gasteiger partial charge on any atom is 0.321 e. The number of carbonyl (C=O) groups excluding carboxylic acids is 1. The highest BCUT2D eigenvalue weighted by atomic mass is 32.2. The third kappa shape index (κ3) is 6.56. The molecule has 0 unspecified atom stereocenters. The van der Waals surface area contributed by atoms with Crippen molar-refractivity contribution < 1.29 is 9.53 Å². The van der Waals surface area contributed by atoms with Gasteiger partial charge in [0.15, 0.2) is 0 Å². The summed E-state index contributed by atoms with van der Waals surface area (Å²) >= 11 is 1.57. The van der Waals surface area contributed by atoms with Crippen molar-refractivity contribution in [3.05, 3.63) is 82.9 Å². The number of nitrogens with zero attached hydrogens (tertiary/aromatic N) is 3. The van der Waals surface area contributed by atoms with Crippen LogP contribution in [0.25, 0.3) is 0 Å². The van der Waals surface area contributed by atoms with Crippen molar-refractivity contribution in [2.24, 2.45) is 0 Å². The molecule has 3 aromatic carbocycles. The number of hydrogen-bond donors (Lipinski definition) is 1. The zero-order valence-electron chi connectivity index (χ0n) is 20.4. The molecule has 0 bridgehead atoms. The second-order valence-electron chi connectivity index (χ2n) is 8.69. The summed E-state index contributed by atoms with van der Waals surface area (Å²) in [7, 11) is 0. The van der Waals surface area contributed by atoms with Crippen LogP contribution in [0.4, 0.5) is 10.5 Å². The highest BCUT2D eigenvalue weighted by Gasteiger charge is 2.23. The molecule has 7 heteroatoms. The van der Waals surface area contributed by atoms with Crippen LogP contribution in [0.15, 0.2) is 65.6 Å². The Morgan fingerprint density at radius 3 is 2.31 bits per heavy atom. The first-order valence-electron chi connectivity index (χ1n) is 11.8. The van der Waals surface area contributed by atoms with E-state index in [4.69, 9.17) is 4.74 Å². The summed E-state index contributed by atoms with van der Waals surface area (Å²) in [6.07, 6.45) is 0.975. The van der Waals surface area contributed by atoms with E-state index in [1.54, 1.807) is 18.0 Å². The molecule has 35 heavy (non-hydrogen) atoms. The lowest BCUT2D eigenvalue weighted by atomic mass is 10.1. The first-order valence-corrected chi connectivity index (χ1v) is 12.6. The summed E-state index contributed by atoms with van der Waals surface area (Å²) in [5, 5.41) is 12.4. The number of anilines is 1. The van der Waals surface area contributed by atoms with Gasteiger partial charge in [-0.05, 0) is 91.4 Å². The quantitative estimate of drug-likeness (QED) is 0.409. The number of carbonyl (C=O) groups is 1. The molecule has 1 fully saturated rings. The standard InChI is InChI=1S/C28H30N4O2S/c1-4-22-5-8-24(9-6-22)30-28(33)31-11-13-32(14-12-31)35-27-18-23(19-29)7-10-26(27)34-25-16-20(2)15-21(3)17-25/h5-10,15-18H,4,11-14H2,1-3H3,(H,30,33). The molecule has 0 aliphatic carbocycles. The Morgan fingerprint density at radius 1 is 1.00 bits per heavy atom. The van der Waals surface area contributed by atoms with Gasteiger partial charge in [-0.2, -0.15) is 5.26 Å². The number of nitrogens with one attached hydrogen (secondary N) is 1. The van der Waals surface area contributed by atoms with Gasteiger partial charge in [-0.1, -0.05) is 25.1 Å². The molecule has 2 amide bonds. The largest absolute Gasteiger partial charge is 0.456 e. The van der Waals surface area contributed by atoms with Crippen molar-refractivity contribution in [3.63, 3.8) is 0 Å². The molecule has 1 saturated heterocycles. The monoisotopic (exact) mass is 486 g/mol. The molecular weight excluding hydrogens is 456 g/mol. The Balaban J connectivity index is 1.39. The lowest BCUT2D eigenvalue weighted by molar-refractivity contribution is 0.188. The molecule has 3 aromatic rings. The van der Waals surface area contributed by atoms with Crippen molar-refractivity contribution in [2.75, 3.05) is 31.5 Å². The van der Waals surface area contributed by atoms with Gasteiger partial charge in [-0.15, -0.1) is 0 Å². The van der Waals surface area contributed by atoms with E-state index in [0.29, 0.717) is 31.7 Å². The molecular formula is C28H30N4O2S. The number of nitriles is 1. The van der Waals surface area contributed by atoms with Crippen LogP contribution in [0.5, 0.6) is 11.5 Å². The number of piperazine rings is 1. The SMILES string of the molecule is CCc1ccc(NC(=O)N2CCN(Sc3cc(C#N)ccc3Oc3cc(C)cc(C)c3)CC2)cc1. The number of ether oxygens (including phenoxy) is 1. The van der Waals surface area contributed by atoms with Gasteiger partial charge >= 0.3 is 6.03 Å². The zero-order valence-corrected chi connectivity index (χ0v) is 21.2. The second-order valence-corrected chi connectivity index (χ2v) is 9.83. The van der Waals surface area contributed by atoms with E-state index >= 15 is 0 Å². The van der Waals surface area contributed by atoms with E-state index in [1.165, 1.54) is 5.56 Å². The predicted octanol–water partition coefficient (Wildman–Crippen LogP) is 6.39. The number of benzene rings is 3. The summed E-state index contributed by atoms with van der Waals surface area (Å²) in [6.45, 7) is 8.88. The number of urea groups is 1. The van der Waals surface area contributed by atoms with Crippen molar-refractivity contribution in [1.82, 2.24) is 9.21 Å². The number of amides is 2. The minimum Gasteiger partial charge on any atom is -0.456 e. The molecule has 6 nitrogen and oxygen atoms in total. The maximum absolute atomic E-state index is 12.7. The molecule has 0 atom stereocenters. The van der Waals surface area contributed by atoms with E-state index < -0.39 is 0 Å². The van der Waals surface area contributed by atoms with Gasteiger partial charge in [0.1, 0.15) is 11.5 Å². The summed E-state index contributed by atoms with van der Waals surface area (Å²) < 4.78 is 8.44. The second kappa shape index (κ2) is 11.3. The molecule has 0 aromatic heterocycles. The average molecular weight is 487 g/mol. The Morgan fingerprint density at radius 2 is 1.69 bits per heavy atom. The maximum atomic E-state index is 12.7. The van der Waals surface area contributed by atoms with Crippen LogP contribution in [0.3, 0.4) is 0 Å². The molecule has 1 aliphatic heterocycles. The van der Waals surface area contributed by atoms with E-state index in [1.807, 2.05) is 67.3 Å². The Labute approximate surface area is 211 Å². The highest BCUT2D eigenvalue weighted by Crippen LogP contribution is 2.36. The van der Waals surface area contributed by atoms with Crippen LogP contribution in [-0.4, -0.2) is 41.4 Å². The van der Waals surface area contributed by atoms with Crippen molar-refractivity contribution in [2.45, 2.75) is 32.1 Å². The molecule has 4 rings (SSSR count). The first kappa shape index (κ1) is 24.6. The lowest BCUT2D eigenvalue weighted by Crippen LogP contribution is -2.47. The van der Waals surface area contributed by atoms with Crippen molar-refractivity contribution in [1.29, 1.82) is 5.26 Å².